The molecule has 444 valence electrons. The maximum atomic E-state index is 12.2. The van der Waals surface area contributed by atoms with Gasteiger partial charge in [-0.15, -0.1) is 13.2 Å². The summed E-state index contributed by atoms with van der Waals surface area (Å²) >= 11 is 0. The van der Waals surface area contributed by atoms with Crippen molar-refractivity contribution in [3.05, 3.63) is 79.4 Å². The summed E-state index contributed by atoms with van der Waals surface area (Å²) in [5.41, 5.74) is 0.405. The first-order valence-electron chi connectivity index (χ1n) is 25.8. The van der Waals surface area contributed by atoms with E-state index in [1.54, 1.807) is 24.3 Å². The molecule has 1 saturated carbocycles. The van der Waals surface area contributed by atoms with E-state index < -0.39 is 51.3 Å². The normalized spacial score (nSPS) is 26.6. The van der Waals surface area contributed by atoms with Crippen LogP contribution in [-0.2, 0) is 76.1 Å². The number of carboxylic acid groups (broad SMARTS) is 1. The largest absolute Gasteiger partial charge is 0.478 e. The van der Waals surface area contributed by atoms with Crippen molar-refractivity contribution in [3.8, 4) is 0 Å². The molecule has 20 nitrogen and oxygen atoms in total. The molecular weight excluding hydrogens is 1020 g/mol. The molecule has 5 aliphatic heterocycles. The minimum atomic E-state index is -3.75. The zero-order valence-electron chi connectivity index (χ0n) is 48.1. The van der Waals surface area contributed by atoms with Crippen LogP contribution in [0.3, 0.4) is 0 Å². The van der Waals surface area contributed by atoms with Gasteiger partial charge in [-0.1, -0.05) is 55.0 Å². The Labute approximate surface area is 459 Å². The summed E-state index contributed by atoms with van der Waals surface area (Å²) in [6.45, 7) is 36.7. The van der Waals surface area contributed by atoms with Gasteiger partial charge in [-0.2, -0.15) is 8.42 Å². The van der Waals surface area contributed by atoms with Gasteiger partial charge in [0, 0.05) is 25.5 Å². The molecule has 21 heteroatoms. The Morgan fingerprint density at radius 3 is 1.53 bits per heavy atom. The number of carbonyl (C=O) groups excluding carboxylic acids is 2. The highest BCUT2D eigenvalue weighted by atomic mass is 32.2. The molecule has 5 heterocycles. The molecule has 77 heavy (non-hydrogen) atoms. The number of aliphatic hydroxyl groups is 3. The summed E-state index contributed by atoms with van der Waals surface area (Å²) in [5, 5.41) is 33.6. The lowest BCUT2D eigenvalue weighted by Crippen LogP contribution is -2.26. The first-order chi connectivity index (χ1) is 35.9. The highest BCUT2D eigenvalue weighted by Crippen LogP contribution is 2.51. The summed E-state index contributed by atoms with van der Waals surface area (Å²) < 4.78 is 83.9. The molecule has 1 aliphatic carbocycles. The quantitative estimate of drug-likeness (QED) is 0.0531. The van der Waals surface area contributed by atoms with Crippen LogP contribution in [0.5, 0.6) is 0 Å². The monoisotopic (exact) mass is 1120 g/mol. The second kappa shape index (κ2) is 35.9. The first-order valence-corrected chi connectivity index (χ1v) is 27.2. The molecule has 0 aromatic heterocycles. The Bertz CT molecular complexity index is 1970. The fourth-order valence-corrected chi connectivity index (χ4v) is 8.19. The molecule has 0 radical (unpaired) electrons. The molecule has 7 rings (SSSR count). The van der Waals surface area contributed by atoms with E-state index >= 15 is 0 Å². The van der Waals surface area contributed by atoms with Crippen molar-refractivity contribution in [1.82, 2.24) is 0 Å². The molecule has 6 aliphatic rings. The Morgan fingerprint density at radius 2 is 1.18 bits per heavy atom. The van der Waals surface area contributed by atoms with Crippen LogP contribution < -0.4 is 0 Å². The van der Waals surface area contributed by atoms with E-state index in [1.807, 2.05) is 108 Å². The van der Waals surface area contributed by atoms with Gasteiger partial charge in [0.05, 0.1) is 75.1 Å². The van der Waals surface area contributed by atoms with E-state index in [0.717, 1.165) is 43.8 Å². The number of hydrogen-bond acceptors (Lipinski definition) is 19. The summed E-state index contributed by atoms with van der Waals surface area (Å²) in [7, 11) is -3.75. The van der Waals surface area contributed by atoms with Crippen molar-refractivity contribution >= 4 is 29.2 Å². The molecule has 0 amide bonds. The number of allylic oxidation sites excluding steroid dienone is 2. The second-order valence-electron chi connectivity index (χ2n) is 20.5. The number of carboxylic acids is 1. The van der Waals surface area contributed by atoms with Gasteiger partial charge in [0.15, 0.2) is 28.9 Å². The van der Waals surface area contributed by atoms with Crippen LogP contribution >= 0.6 is 0 Å². The predicted octanol–water partition coefficient (Wildman–Crippen LogP) is 7.83. The number of aldehydes is 1. The van der Waals surface area contributed by atoms with Crippen LogP contribution in [0.4, 0.5) is 0 Å². The van der Waals surface area contributed by atoms with Crippen molar-refractivity contribution in [2.75, 3.05) is 46.2 Å². The van der Waals surface area contributed by atoms with Gasteiger partial charge in [-0.3, -0.25) is 4.18 Å². The lowest BCUT2D eigenvalue weighted by atomic mass is 10.2. The molecule has 6 fully saturated rings. The summed E-state index contributed by atoms with van der Waals surface area (Å²) in [5.74, 6) is -3.41. The molecular formula is C56H94O20S. The minimum absolute atomic E-state index is 0.0347. The van der Waals surface area contributed by atoms with Crippen molar-refractivity contribution in [1.29, 1.82) is 0 Å². The van der Waals surface area contributed by atoms with E-state index in [4.69, 9.17) is 76.8 Å². The Hall–Kier alpha value is -3.62. The zero-order chi connectivity index (χ0) is 59.2. The van der Waals surface area contributed by atoms with E-state index in [9.17, 15) is 18.0 Å². The number of benzene rings is 1. The van der Waals surface area contributed by atoms with Crippen LogP contribution in [-0.4, -0.2) is 165 Å². The SMILES string of the molecule is C=CCC.C=CCC1COC(C)(C)O1.C=O.CC1(C)OCC(CC=O)O1.CC1(C)OCC(CCO)O1.CC=CCC1COC(C)(C)O1.Cc1ccc(S(=O)(=O)OC2CC23COC(C)(C)O3)cc1.O=C(O)C=CCC(O)CO. The number of aliphatic hydroxyl groups excluding tert-OH is 3. The Balaban J connectivity index is 0.000000904. The third-order valence-corrected chi connectivity index (χ3v) is 12.3. The third-order valence-electron chi connectivity index (χ3n) is 10.9. The number of ether oxygens (including phenoxy) is 10. The number of hydrogen-bond donors (Lipinski definition) is 4. The van der Waals surface area contributed by atoms with Gasteiger partial charge in [0.1, 0.15) is 24.8 Å². The van der Waals surface area contributed by atoms with Gasteiger partial charge in [0.2, 0.25) is 0 Å². The Kier molecular flexibility index (Phi) is 34.2. The predicted molar refractivity (Wildman–Crippen MR) is 290 cm³/mol. The van der Waals surface area contributed by atoms with Crippen molar-refractivity contribution < 1.29 is 94.8 Å². The van der Waals surface area contributed by atoms with Crippen molar-refractivity contribution in [2.24, 2.45) is 0 Å². The minimum Gasteiger partial charge on any atom is -0.478 e. The average molecular weight is 1120 g/mol. The van der Waals surface area contributed by atoms with Crippen LogP contribution in [0.1, 0.15) is 134 Å². The zero-order valence-corrected chi connectivity index (χ0v) is 48.9. The number of aliphatic carboxylic acids is 1. The lowest BCUT2D eigenvalue weighted by molar-refractivity contribution is -0.146. The maximum Gasteiger partial charge on any atom is 0.327 e. The second-order valence-corrected chi connectivity index (χ2v) is 22.0. The lowest BCUT2D eigenvalue weighted by Gasteiger charge is -2.17. The number of aryl methyl sites for hydroxylation is 1. The number of rotatable bonds is 16. The van der Waals surface area contributed by atoms with Crippen LogP contribution in [0.25, 0.3) is 0 Å². The van der Waals surface area contributed by atoms with Crippen molar-refractivity contribution in [3.63, 3.8) is 0 Å². The van der Waals surface area contributed by atoms with Crippen LogP contribution in [0.15, 0.2) is 78.8 Å². The topological polar surface area (TPSA) is 268 Å². The first kappa shape index (κ1) is 73.4. The average Bonchev–Trinajstić information content (AvgIpc) is 3.87. The molecule has 1 aromatic carbocycles. The van der Waals surface area contributed by atoms with Crippen LogP contribution in [0, 0.1) is 6.92 Å². The van der Waals surface area contributed by atoms with Crippen molar-refractivity contribution in [2.45, 2.75) is 211 Å². The highest BCUT2D eigenvalue weighted by molar-refractivity contribution is 7.86. The van der Waals surface area contributed by atoms with Gasteiger partial charge in [0.25, 0.3) is 10.1 Å². The molecule has 0 bridgehead atoms. The molecule has 7 unspecified atom stereocenters. The maximum absolute atomic E-state index is 12.2. The molecule has 4 N–H and O–H groups in total. The smallest absolute Gasteiger partial charge is 0.327 e. The van der Waals surface area contributed by atoms with E-state index in [1.165, 1.54) is 6.08 Å². The molecule has 7 atom stereocenters. The molecule has 1 aromatic rings. The number of carbonyl (C=O) groups is 3. The fraction of sp³-hybridized carbons (Fsp3) is 0.696. The van der Waals surface area contributed by atoms with E-state index in [-0.39, 0.29) is 60.5 Å². The van der Waals surface area contributed by atoms with Gasteiger partial charge < -0.3 is 77.4 Å². The van der Waals surface area contributed by atoms with Crippen LogP contribution in [0.2, 0.25) is 0 Å². The van der Waals surface area contributed by atoms with Gasteiger partial charge in [-0.25, -0.2) is 4.79 Å². The Morgan fingerprint density at radius 1 is 0.727 bits per heavy atom. The summed E-state index contributed by atoms with van der Waals surface area (Å²) in [6, 6.07) is 6.60. The molecule has 5 saturated heterocycles. The highest BCUT2D eigenvalue weighted by Gasteiger charge is 2.65. The third kappa shape index (κ3) is 32.3. The van der Waals surface area contributed by atoms with E-state index in [0.29, 0.717) is 45.7 Å². The van der Waals surface area contributed by atoms with E-state index in [2.05, 4.69) is 26.2 Å². The van der Waals surface area contributed by atoms with Gasteiger partial charge >= 0.3 is 5.97 Å². The fourth-order valence-electron chi connectivity index (χ4n) is 7.06. The summed E-state index contributed by atoms with van der Waals surface area (Å²) in [4.78, 5) is 28.0. The standard InChI is InChI=1S/C14H18O5S.C9H16O2.C8H14O2.C7H14O3.C7H12O3.C6H10O4.C4H8.CH2O/c1-10-4-6-11(7-5-10)20(15,16)18-12-8-14(12)9-17-13(2,3)19-14;1-4-5-6-8-7-10-9(2,3)11-8;1-4-5-7-6-9-8(2,3)10-7;2*1-7(2)9-5-6(10-7)3-4-8;7-4-5(8)2-1-3-6(9)10;1-3-4-2;1-2/h4-7,12H,8-9H2,1-3H3;4-5,8H,6-7H2,1-3H3;4,7H,1,5-6H2,2-3H3;6,8H,3-5H2,1-2H3;4,6H,3,5H2,1-2H3;1,3,5,7-8H,2,4H2,(H,9,10);3H,1,4H2,2H3;1H2. The van der Waals surface area contributed by atoms with Gasteiger partial charge in [-0.05, 0) is 127 Å². The molecule has 1 spiro atoms. The summed E-state index contributed by atoms with van der Waals surface area (Å²) in [6.07, 6.45) is 14.9.